The molecule has 3 N–H and O–H groups in total. The molecule has 30 heavy (non-hydrogen) atoms. The SMILES string of the molecule is CCCCCCC(CCC)Oc1cccc(CN(C)C(=O)NC2CCC(N)CC2)c1. The number of carbonyl (C=O) groups is 1. The van der Waals surface area contributed by atoms with E-state index in [1.54, 1.807) is 4.90 Å². The number of amides is 2. The third-order valence-electron chi connectivity index (χ3n) is 6.06. The van der Waals surface area contributed by atoms with Crippen molar-refractivity contribution in [1.82, 2.24) is 10.2 Å². The zero-order valence-corrected chi connectivity index (χ0v) is 19.4. The van der Waals surface area contributed by atoms with Crippen LogP contribution in [-0.2, 0) is 6.54 Å². The average Bonchev–Trinajstić information content (AvgIpc) is 2.73. The fourth-order valence-electron chi connectivity index (χ4n) is 4.19. The average molecular weight is 418 g/mol. The second-order valence-electron chi connectivity index (χ2n) is 8.94. The number of urea groups is 1. The maximum absolute atomic E-state index is 12.6. The van der Waals surface area contributed by atoms with Crippen LogP contribution in [0.3, 0.4) is 0 Å². The van der Waals surface area contributed by atoms with Crippen LogP contribution < -0.4 is 15.8 Å². The molecule has 0 spiro atoms. The van der Waals surface area contributed by atoms with Crippen molar-refractivity contribution in [2.24, 2.45) is 5.73 Å². The third kappa shape index (κ3) is 8.95. The minimum atomic E-state index is -0.0124. The van der Waals surface area contributed by atoms with Gasteiger partial charge in [-0.1, -0.05) is 51.7 Å². The molecule has 0 bridgehead atoms. The zero-order chi connectivity index (χ0) is 21.8. The van der Waals surface area contributed by atoms with Crippen LogP contribution in [0.1, 0.15) is 90.0 Å². The summed E-state index contributed by atoms with van der Waals surface area (Å²) < 4.78 is 6.32. The molecule has 1 aliphatic rings. The van der Waals surface area contributed by atoms with Gasteiger partial charge in [0.15, 0.2) is 0 Å². The van der Waals surface area contributed by atoms with Crippen LogP contribution in [0.25, 0.3) is 0 Å². The van der Waals surface area contributed by atoms with Gasteiger partial charge in [-0.05, 0) is 62.6 Å². The van der Waals surface area contributed by atoms with Crippen LogP contribution in [0.15, 0.2) is 24.3 Å². The van der Waals surface area contributed by atoms with Gasteiger partial charge in [0.25, 0.3) is 0 Å². The van der Waals surface area contributed by atoms with E-state index in [1.807, 2.05) is 19.2 Å². The standard InChI is InChI=1S/C25H43N3O2/c1-4-6-7-8-12-23(10-5-2)30-24-13-9-11-20(18-24)19-28(3)25(29)27-22-16-14-21(26)15-17-22/h9,11,13,18,21-23H,4-8,10,12,14-17,19,26H2,1-3H3,(H,27,29). The first kappa shape index (κ1) is 24.5. The van der Waals surface area contributed by atoms with E-state index in [1.165, 1.54) is 25.7 Å². The normalized spacial score (nSPS) is 19.9. The first-order chi connectivity index (χ1) is 14.5. The van der Waals surface area contributed by atoms with Gasteiger partial charge in [0.05, 0.1) is 6.10 Å². The number of nitrogens with zero attached hydrogens (tertiary/aromatic N) is 1. The lowest BCUT2D eigenvalue weighted by molar-refractivity contribution is 0.175. The molecule has 2 amide bonds. The van der Waals surface area contributed by atoms with E-state index in [4.69, 9.17) is 10.5 Å². The Bertz CT molecular complexity index is 614. The molecule has 0 heterocycles. The van der Waals surface area contributed by atoms with Gasteiger partial charge >= 0.3 is 6.03 Å². The summed E-state index contributed by atoms with van der Waals surface area (Å²) in [7, 11) is 1.85. The molecule has 1 aromatic rings. The molecular formula is C25H43N3O2. The van der Waals surface area contributed by atoms with E-state index in [0.29, 0.717) is 12.6 Å². The van der Waals surface area contributed by atoms with E-state index < -0.39 is 0 Å². The molecule has 5 heteroatoms. The second kappa shape index (κ2) is 13.5. The molecule has 0 radical (unpaired) electrons. The van der Waals surface area contributed by atoms with E-state index in [0.717, 1.165) is 56.3 Å². The number of nitrogens with one attached hydrogen (secondary N) is 1. The molecule has 0 saturated heterocycles. The Morgan fingerprint density at radius 3 is 2.60 bits per heavy atom. The summed E-state index contributed by atoms with van der Waals surface area (Å²) in [5, 5.41) is 3.16. The quantitative estimate of drug-likeness (QED) is 0.434. The van der Waals surface area contributed by atoms with Crippen molar-refractivity contribution in [2.45, 2.75) is 109 Å². The Balaban J connectivity index is 1.84. The van der Waals surface area contributed by atoms with Crippen LogP contribution in [0.4, 0.5) is 4.79 Å². The number of hydrogen-bond acceptors (Lipinski definition) is 3. The Labute approximate surface area is 183 Å². The number of nitrogens with two attached hydrogens (primary N) is 1. The van der Waals surface area contributed by atoms with Crippen LogP contribution in [-0.4, -0.2) is 36.2 Å². The van der Waals surface area contributed by atoms with Gasteiger partial charge in [-0.2, -0.15) is 0 Å². The van der Waals surface area contributed by atoms with Crippen molar-refractivity contribution in [1.29, 1.82) is 0 Å². The van der Waals surface area contributed by atoms with Gasteiger partial charge in [0, 0.05) is 25.7 Å². The van der Waals surface area contributed by atoms with E-state index >= 15 is 0 Å². The van der Waals surface area contributed by atoms with Crippen molar-refractivity contribution in [2.75, 3.05) is 7.05 Å². The Kier molecular flexibility index (Phi) is 11.1. The largest absolute Gasteiger partial charge is 0.490 e. The van der Waals surface area contributed by atoms with E-state index in [2.05, 4.69) is 31.3 Å². The molecule has 0 aromatic heterocycles. The number of ether oxygens (including phenoxy) is 1. The number of rotatable bonds is 12. The topological polar surface area (TPSA) is 67.6 Å². The van der Waals surface area contributed by atoms with Crippen LogP contribution in [0.5, 0.6) is 5.75 Å². The lowest BCUT2D eigenvalue weighted by atomic mass is 9.92. The van der Waals surface area contributed by atoms with Crippen molar-refractivity contribution >= 4 is 6.03 Å². The minimum Gasteiger partial charge on any atom is -0.490 e. The molecule has 170 valence electrons. The van der Waals surface area contributed by atoms with Crippen LogP contribution in [0.2, 0.25) is 0 Å². The molecule has 1 fully saturated rings. The monoisotopic (exact) mass is 417 g/mol. The Morgan fingerprint density at radius 2 is 1.90 bits per heavy atom. The highest BCUT2D eigenvalue weighted by Crippen LogP contribution is 2.21. The molecule has 1 atom stereocenters. The summed E-state index contributed by atoms with van der Waals surface area (Å²) in [5.41, 5.74) is 7.06. The number of benzene rings is 1. The summed E-state index contributed by atoms with van der Waals surface area (Å²) in [4.78, 5) is 14.3. The number of unbranched alkanes of at least 4 members (excludes halogenated alkanes) is 3. The van der Waals surface area contributed by atoms with Gasteiger partial charge in [-0.3, -0.25) is 0 Å². The fourth-order valence-corrected chi connectivity index (χ4v) is 4.19. The first-order valence-electron chi connectivity index (χ1n) is 12.0. The molecule has 0 aliphatic heterocycles. The summed E-state index contributed by atoms with van der Waals surface area (Å²) >= 11 is 0. The fraction of sp³-hybridized carbons (Fsp3) is 0.720. The van der Waals surface area contributed by atoms with Gasteiger partial charge in [-0.25, -0.2) is 4.79 Å². The highest BCUT2D eigenvalue weighted by atomic mass is 16.5. The smallest absolute Gasteiger partial charge is 0.317 e. The predicted octanol–water partition coefficient (Wildman–Crippen LogP) is 5.62. The third-order valence-corrected chi connectivity index (χ3v) is 6.06. The van der Waals surface area contributed by atoms with Gasteiger partial charge in [0.2, 0.25) is 0 Å². The molecule has 5 nitrogen and oxygen atoms in total. The predicted molar refractivity (Wildman–Crippen MR) is 125 cm³/mol. The maximum atomic E-state index is 12.6. The van der Waals surface area contributed by atoms with Gasteiger partial charge < -0.3 is 20.7 Å². The highest BCUT2D eigenvalue weighted by Gasteiger charge is 2.21. The maximum Gasteiger partial charge on any atom is 0.317 e. The molecule has 1 aromatic carbocycles. The summed E-state index contributed by atoms with van der Waals surface area (Å²) in [5.74, 6) is 0.913. The van der Waals surface area contributed by atoms with Crippen molar-refractivity contribution in [3.8, 4) is 5.75 Å². The van der Waals surface area contributed by atoms with Gasteiger partial charge in [0.1, 0.15) is 5.75 Å². The molecule has 1 aliphatic carbocycles. The molecular weight excluding hydrogens is 374 g/mol. The van der Waals surface area contributed by atoms with Crippen molar-refractivity contribution in [3.05, 3.63) is 29.8 Å². The summed E-state index contributed by atoms with van der Waals surface area (Å²) in [6, 6.07) is 8.73. The van der Waals surface area contributed by atoms with E-state index in [-0.39, 0.29) is 18.2 Å². The summed E-state index contributed by atoms with van der Waals surface area (Å²) in [6.45, 7) is 5.03. The van der Waals surface area contributed by atoms with Crippen molar-refractivity contribution in [3.63, 3.8) is 0 Å². The molecule has 2 rings (SSSR count). The lowest BCUT2D eigenvalue weighted by Gasteiger charge is -2.29. The highest BCUT2D eigenvalue weighted by molar-refractivity contribution is 5.74. The second-order valence-corrected chi connectivity index (χ2v) is 8.94. The Hall–Kier alpha value is -1.75. The number of hydrogen-bond donors (Lipinski definition) is 2. The van der Waals surface area contributed by atoms with Crippen molar-refractivity contribution < 1.29 is 9.53 Å². The molecule has 1 saturated carbocycles. The van der Waals surface area contributed by atoms with E-state index in [9.17, 15) is 4.79 Å². The van der Waals surface area contributed by atoms with Crippen LogP contribution >= 0.6 is 0 Å². The minimum absolute atomic E-state index is 0.0124. The zero-order valence-electron chi connectivity index (χ0n) is 19.4. The summed E-state index contributed by atoms with van der Waals surface area (Å²) in [6.07, 6.45) is 12.6. The van der Waals surface area contributed by atoms with Crippen LogP contribution in [0, 0.1) is 0 Å². The Morgan fingerprint density at radius 1 is 1.13 bits per heavy atom. The molecule has 1 unspecified atom stereocenters. The lowest BCUT2D eigenvalue weighted by Crippen LogP contribution is -2.45. The number of carbonyl (C=O) groups excluding carboxylic acids is 1. The van der Waals surface area contributed by atoms with Gasteiger partial charge in [-0.15, -0.1) is 0 Å². The first-order valence-corrected chi connectivity index (χ1v) is 12.0.